The van der Waals surface area contributed by atoms with E-state index < -0.39 is 0 Å². The van der Waals surface area contributed by atoms with Crippen molar-refractivity contribution in [3.8, 4) is 6.07 Å². The Balaban J connectivity index is 1.70. The number of likely N-dealkylation sites (tertiary alicyclic amines) is 1. The number of amides is 1. The molecular weight excluding hydrogens is 324 g/mol. The van der Waals surface area contributed by atoms with Crippen LogP contribution in [0.1, 0.15) is 30.1 Å². The van der Waals surface area contributed by atoms with Gasteiger partial charge in [-0.25, -0.2) is 0 Å². The Bertz CT molecular complexity index is 793. The van der Waals surface area contributed by atoms with Crippen LogP contribution in [0, 0.1) is 11.3 Å². The molecule has 1 fully saturated rings. The molecule has 6 heteroatoms. The molecular formula is C18H19ClN4O. The minimum atomic E-state index is -0.130. The van der Waals surface area contributed by atoms with Crippen molar-refractivity contribution in [3.05, 3.63) is 52.8 Å². The van der Waals surface area contributed by atoms with E-state index in [1.165, 1.54) is 5.69 Å². The summed E-state index contributed by atoms with van der Waals surface area (Å²) in [6, 6.07) is 11.3. The first-order valence-corrected chi connectivity index (χ1v) is 8.31. The van der Waals surface area contributed by atoms with E-state index in [-0.39, 0.29) is 11.9 Å². The van der Waals surface area contributed by atoms with Gasteiger partial charge in [0.1, 0.15) is 6.07 Å². The number of carbonyl (C=O) groups excluding carboxylic acids is 1. The highest BCUT2D eigenvalue weighted by molar-refractivity contribution is 6.31. The fourth-order valence-corrected chi connectivity index (χ4v) is 3.43. The molecule has 24 heavy (non-hydrogen) atoms. The van der Waals surface area contributed by atoms with Crippen LogP contribution in [0.3, 0.4) is 0 Å². The number of halogens is 1. The minimum Gasteiger partial charge on any atom is -0.353 e. The van der Waals surface area contributed by atoms with Gasteiger partial charge in [0.25, 0.3) is 0 Å². The molecule has 1 aliphatic rings. The molecule has 124 valence electrons. The van der Waals surface area contributed by atoms with Gasteiger partial charge in [0, 0.05) is 24.0 Å². The van der Waals surface area contributed by atoms with Gasteiger partial charge in [0.2, 0.25) is 5.91 Å². The average molecular weight is 343 g/mol. The maximum absolute atomic E-state index is 12.4. The Kier molecular flexibility index (Phi) is 4.89. The Morgan fingerprint density at radius 1 is 1.46 bits per heavy atom. The van der Waals surface area contributed by atoms with Crippen molar-refractivity contribution in [3.63, 3.8) is 0 Å². The van der Waals surface area contributed by atoms with Crippen molar-refractivity contribution in [2.24, 2.45) is 7.05 Å². The zero-order valence-corrected chi connectivity index (χ0v) is 14.3. The van der Waals surface area contributed by atoms with E-state index in [0.29, 0.717) is 22.8 Å². The first kappa shape index (κ1) is 16.6. The molecule has 1 aromatic carbocycles. The molecule has 1 aliphatic heterocycles. The molecule has 5 nitrogen and oxygen atoms in total. The normalized spacial score (nSPS) is 17.6. The molecule has 1 saturated heterocycles. The number of aromatic nitrogens is 1. The predicted octanol–water partition coefficient (Wildman–Crippen LogP) is 3.33. The largest absolute Gasteiger partial charge is 0.353 e. The van der Waals surface area contributed by atoms with Crippen molar-refractivity contribution in [1.82, 2.24) is 9.47 Å². The van der Waals surface area contributed by atoms with Gasteiger partial charge in [-0.2, -0.15) is 5.26 Å². The van der Waals surface area contributed by atoms with Crippen LogP contribution in [0.2, 0.25) is 5.02 Å². The summed E-state index contributed by atoms with van der Waals surface area (Å²) in [6.07, 6.45) is 4.15. The maximum atomic E-state index is 12.4. The van der Waals surface area contributed by atoms with Gasteiger partial charge < -0.3 is 9.88 Å². The van der Waals surface area contributed by atoms with Crippen LogP contribution in [0.25, 0.3) is 0 Å². The van der Waals surface area contributed by atoms with Crippen LogP contribution in [-0.4, -0.2) is 28.5 Å². The Hall–Kier alpha value is -2.29. The molecule has 0 radical (unpaired) electrons. The zero-order chi connectivity index (χ0) is 17.1. The Labute approximate surface area is 146 Å². The SMILES string of the molecule is Cn1cccc1[C@H]1CCCN1CC(=O)Nc1cc(Cl)ccc1C#N. The fraction of sp³-hybridized carbons (Fsp3) is 0.333. The van der Waals surface area contributed by atoms with E-state index in [9.17, 15) is 4.79 Å². The lowest BCUT2D eigenvalue weighted by atomic mass is 10.1. The summed E-state index contributed by atoms with van der Waals surface area (Å²) >= 11 is 5.96. The molecule has 0 bridgehead atoms. The molecule has 0 unspecified atom stereocenters. The predicted molar refractivity (Wildman–Crippen MR) is 93.8 cm³/mol. The average Bonchev–Trinajstić information content (AvgIpc) is 3.16. The van der Waals surface area contributed by atoms with E-state index in [1.54, 1.807) is 18.2 Å². The molecule has 1 aromatic heterocycles. The molecule has 1 N–H and O–H groups in total. The summed E-state index contributed by atoms with van der Waals surface area (Å²) in [5, 5.41) is 12.5. The quantitative estimate of drug-likeness (QED) is 0.927. The second kappa shape index (κ2) is 7.08. The first-order chi connectivity index (χ1) is 11.6. The van der Waals surface area contributed by atoms with Crippen molar-refractivity contribution in [2.45, 2.75) is 18.9 Å². The van der Waals surface area contributed by atoms with Crippen molar-refractivity contribution < 1.29 is 4.79 Å². The summed E-state index contributed by atoms with van der Waals surface area (Å²) in [5.41, 5.74) is 2.10. The number of anilines is 1. The van der Waals surface area contributed by atoms with E-state index in [2.05, 4.69) is 26.9 Å². The minimum absolute atomic E-state index is 0.130. The van der Waals surface area contributed by atoms with Crippen molar-refractivity contribution >= 4 is 23.2 Å². The highest BCUT2D eigenvalue weighted by atomic mass is 35.5. The third kappa shape index (κ3) is 3.45. The molecule has 2 aromatic rings. The second-order valence-electron chi connectivity index (χ2n) is 6.02. The highest BCUT2D eigenvalue weighted by Gasteiger charge is 2.29. The topological polar surface area (TPSA) is 61.1 Å². The maximum Gasteiger partial charge on any atom is 0.238 e. The molecule has 2 heterocycles. The summed E-state index contributed by atoms with van der Waals surface area (Å²) < 4.78 is 2.10. The first-order valence-electron chi connectivity index (χ1n) is 7.93. The number of hydrogen-bond donors (Lipinski definition) is 1. The lowest BCUT2D eigenvalue weighted by Gasteiger charge is -2.24. The number of nitriles is 1. The van der Waals surface area contributed by atoms with E-state index >= 15 is 0 Å². The molecule has 0 aliphatic carbocycles. The van der Waals surface area contributed by atoms with E-state index in [0.717, 1.165) is 19.4 Å². The van der Waals surface area contributed by atoms with Gasteiger partial charge >= 0.3 is 0 Å². The summed E-state index contributed by atoms with van der Waals surface area (Å²) in [7, 11) is 2.02. The van der Waals surface area contributed by atoms with Crippen LogP contribution in [0.4, 0.5) is 5.69 Å². The van der Waals surface area contributed by atoms with Gasteiger partial charge in [0.15, 0.2) is 0 Å². The molecule has 0 spiro atoms. The van der Waals surface area contributed by atoms with E-state index in [1.807, 2.05) is 19.3 Å². The third-order valence-corrected chi connectivity index (χ3v) is 4.65. The fourth-order valence-electron chi connectivity index (χ4n) is 3.26. The smallest absolute Gasteiger partial charge is 0.238 e. The number of nitrogens with one attached hydrogen (secondary N) is 1. The summed E-state index contributed by atoms with van der Waals surface area (Å²) in [5.74, 6) is -0.130. The van der Waals surface area contributed by atoms with Crippen LogP contribution < -0.4 is 5.32 Å². The van der Waals surface area contributed by atoms with Gasteiger partial charge in [-0.05, 0) is 49.7 Å². The van der Waals surface area contributed by atoms with Gasteiger partial charge in [-0.15, -0.1) is 0 Å². The Morgan fingerprint density at radius 2 is 2.29 bits per heavy atom. The summed E-state index contributed by atoms with van der Waals surface area (Å²) in [4.78, 5) is 14.6. The Morgan fingerprint density at radius 3 is 3.00 bits per heavy atom. The lowest BCUT2D eigenvalue weighted by Crippen LogP contribution is -2.33. The van der Waals surface area contributed by atoms with Crippen LogP contribution in [-0.2, 0) is 11.8 Å². The third-order valence-electron chi connectivity index (χ3n) is 4.41. The van der Waals surface area contributed by atoms with Crippen molar-refractivity contribution in [2.75, 3.05) is 18.4 Å². The number of rotatable bonds is 4. The molecule has 1 atom stereocenters. The molecule has 3 rings (SSSR count). The number of hydrogen-bond acceptors (Lipinski definition) is 3. The van der Waals surface area contributed by atoms with Crippen LogP contribution in [0.5, 0.6) is 0 Å². The molecule has 1 amide bonds. The number of aryl methyl sites for hydroxylation is 1. The number of benzene rings is 1. The monoisotopic (exact) mass is 342 g/mol. The molecule has 0 saturated carbocycles. The van der Waals surface area contributed by atoms with Gasteiger partial charge in [-0.1, -0.05) is 11.6 Å². The second-order valence-corrected chi connectivity index (χ2v) is 6.46. The highest BCUT2D eigenvalue weighted by Crippen LogP contribution is 2.31. The van der Waals surface area contributed by atoms with Crippen molar-refractivity contribution in [1.29, 1.82) is 5.26 Å². The van der Waals surface area contributed by atoms with Gasteiger partial charge in [0.05, 0.1) is 23.8 Å². The summed E-state index contributed by atoms with van der Waals surface area (Å²) in [6.45, 7) is 1.19. The standard InChI is InChI=1S/C18H19ClN4O/c1-22-8-2-4-16(22)17-5-3-9-23(17)12-18(24)21-15-10-14(19)7-6-13(15)11-20/h2,4,6-8,10,17H,3,5,9,12H2,1H3,(H,21,24)/t17-/m1/s1. The van der Waals surface area contributed by atoms with E-state index in [4.69, 9.17) is 16.9 Å². The van der Waals surface area contributed by atoms with Crippen LogP contribution >= 0.6 is 11.6 Å². The zero-order valence-electron chi connectivity index (χ0n) is 13.5. The van der Waals surface area contributed by atoms with Gasteiger partial charge in [-0.3, -0.25) is 9.69 Å². The number of carbonyl (C=O) groups is 1. The number of nitrogens with zero attached hydrogens (tertiary/aromatic N) is 3. The lowest BCUT2D eigenvalue weighted by molar-refractivity contribution is -0.117. The van der Waals surface area contributed by atoms with Crippen LogP contribution in [0.15, 0.2) is 36.5 Å².